The van der Waals surface area contributed by atoms with E-state index in [1.807, 2.05) is 6.92 Å². The van der Waals surface area contributed by atoms with Crippen LogP contribution in [0.1, 0.15) is 32.6 Å². The molecule has 2 heterocycles. The molecule has 0 aromatic carbocycles. The third kappa shape index (κ3) is 5.40. The number of aliphatic hydroxyl groups excluding tert-OH is 3. The number of aliphatic hydroxyl groups is 3. The van der Waals surface area contributed by atoms with E-state index < -0.39 is 55.5 Å². The van der Waals surface area contributed by atoms with Gasteiger partial charge in [0.1, 0.15) is 36.3 Å². The number of unbranched alkanes of at least 4 members (excludes halogenated alkanes) is 1. The zero-order valence-corrected chi connectivity index (χ0v) is 15.9. The molecule has 1 fully saturated rings. The van der Waals surface area contributed by atoms with Gasteiger partial charge in [-0.3, -0.25) is 0 Å². The van der Waals surface area contributed by atoms with Crippen molar-refractivity contribution in [3.8, 4) is 0 Å². The first-order valence-corrected chi connectivity index (χ1v) is 9.21. The van der Waals surface area contributed by atoms with Crippen LogP contribution in [0, 0.1) is 0 Å². The summed E-state index contributed by atoms with van der Waals surface area (Å²) in [5, 5.41) is 30.1. The first kappa shape index (κ1) is 22.1. The Hall–Kier alpha value is -1.23. The first-order valence-electron chi connectivity index (χ1n) is 9.21. The van der Waals surface area contributed by atoms with E-state index in [1.54, 1.807) is 0 Å². The zero-order valence-electron chi connectivity index (χ0n) is 15.9. The minimum absolute atomic E-state index is 0.339. The summed E-state index contributed by atoms with van der Waals surface area (Å²) in [5.41, 5.74) is 0. The quantitative estimate of drug-likeness (QED) is 0.462. The van der Waals surface area contributed by atoms with Crippen molar-refractivity contribution in [1.29, 1.82) is 0 Å². The van der Waals surface area contributed by atoms with Crippen molar-refractivity contribution < 1.29 is 43.8 Å². The molecule has 2 rings (SSSR count). The molecule has 0 saturated carbocycles. The highest BCUT2D eigenvalue weighted by Gasteiger charge is 2.46. The van der Waals surface area contributed by atoms with Crippen molar-refractivity contribution in [2.75, 3.05) is 20.8 Å². The van der Waals surface area contributed by atoms with Crippen LogP contribution in [0.25, 0.3) is 0 Å². The van der Waals surface area contributed by atoms with Crippen molar-refractivity contribution in [3.63, 3.8) is 0 Å². The topological polar surface area (TPSA) is 124 Å². The molecule has 0 aromatic heterocycles. The number of carbonyl (C=O) groups is 1. The summed E-state index contributed by atoms with van der Waals surface area (Å²) < 4.78 is 27.2. The Morgan fingerprint density at radius 2 is 2.04 bits per heavy atom. The molecule has 7 unspecified atom stereocenters. The van der Waals surface area contributed by atoms with E-state index in [-0.39, 0.29) is 0 Å². The molecule has 1 saturated heterocycles. The lowest BCUT2D eigenvalue weighted by molar-refractivity contribution is -0.320. The maximum absolute atomic E-state index is 11.8. The Morgan fingerprint density at radius 1 is 1.30 bits per heavy atom. The summed E-state index contributed by atoms with van der Waals surface area (Å²) >= 11 is 0. The molecule has 27 heavy (non-hydrogen) atoms. The second kappa shape index (κ2) is 10.4. The molecule has 0 radical (unpaired) electrons. The number of rotatable bonds is 9. The van der Waals surface area contributed by atoms with Gasteiger partial charge in [0.05, 0.1) is 25.9 Å². The van der Waals surface area contributed by atoms with Crippen molar-refractivity contribution in [1.82, 2.24) is 0 Å². The largest absolute Gasteiger partial charge is 0.501 e. The van der Waals surface area contributed by atoms with Crippen LogP contribution in [0.5, 0.6) is 0 Å². The van der Waals surface area contributed by atoms with Gasteiger partial charge in [-0.25, -0.2) is 4.79 Å². The number of esters is 1. The molecular weight excluding hydrogens is 360 g/mol. The number of hydrogen-bond donors (Lipinski definition) is 3. The number of cyclic esters (lactones) is 1. The van der Waals surface area contributed by atoms with Gasteiger partial charge in [0.15, 0.2) is 6.29 Å². The Balaban J connectivity index is 2.13. The van der Waals surface area contributed by atoms with E-state index >= 15 is 0 Å². The molecule has 0 aliphatic carbocycles. The van der Waals surface area contributed by atoms with Crippen molar-refractivity contribution in [2.45, 2.75) is 75.5 Å². The Kier molecular flexibility index (Phi) is 8.46. The lowest BCUT2D eigenvalue weighted by atomic mass is 9.98. The Bertz CT molecular complexity index is 507. The fourth-order valence-electron chi connectivity index (χ4n) is 3.34. The summed E-state index contributed by atoms with van der Waals surface area (Å²) in [6, 6.07) is 0. The third-order valence-electron chi connectivity index (χ3n) is 4.87. The van der Waals surface area contributed by atoms with Gasteiger partial charge in [-0.2, -0.15) is 0 Å². The van der Waals surface area contributed by atoms with Gasteiger partial charge in [0, 0.05) is 13.5 Å². The van der Waals surface area contributed by atoms with Gasteiger partial charge in [-0.15, -0.1) is 0 Å². The second-order valence-electron chi connectivity index (χ2n) is 6.72. The standard InChI is InChI=1S/C18H30O9/c1-4-5-6-11(12-7-10(23-2)8-14(20)25-12)26-18-16(22)15(21)17(24-3)13(9-19)27-18/h8,11-13,15-19,21-22H,4-7,9H2,1-3H3. The number of carbonyl (C=O) groups excluding carboxylic acids is 1. The molecule has 0 spiro atoms. The van der Waals surface area contributed by atoms with Crippen LogP contribution in [0.4, 0.5) is 0 Å². The van der Waals surface area contributed by atoms with Crippen LogP contribution in [-0.4, -0.2) is 85.0 Å². The van der Waals surface area contributed by atoms with E-state index in [9.17, 15) is 20.1 Å². The van der Waals surface area contributed by atoms with Gasteiger partial charge in [-0.05, 0) is 6.42 Å². The summed E-state index contributed by atoms with van der Waals surface area (Å²) in [4.78, 5) is 11.8. The molecule has 0 bridgehead atoms. The van der Waals surface area contributed by atoms with Crippen LogP contribution in [0.15, 0.2) is 11.8 Å². The normalized spacial score (nSPS) is 35.3. The number of ether oxygens (including phenoxy) is 5. The van der Waals surface area contributed by atoms with Crippen LogP contribution < -0.4 is 0 Å². The average molecular weight is 390 g/mol. The molecule has 0 aromatic rings. The lowest BCUT2D eigenvalue weighted by Crippen LogP contribution is -2.60. The van der Waals surface area contributed by atoms with Crippen molar-refractivity contribution in [3.05, 3.63) is 11.8 Å². The molecule has 7 atom stereocenters. The molecule has 3 N–H and O–H groups in total. The molecule has 9 heteroatoms. The van der Waals surface area contributed by atoms with Gasteiger partial charge in [-0.1, -0.05) is 19.8 Å². The number of methoxy groups -OCH3 is 2. The monoisotopic (exact) mass is 390 g/mol. The zero-order chi connectivity index (χ0) is 20.0. The average Bonchev–Trinajstić information content (AvgIpc) is 2.67. The summed E-state index contributed by atoms with van der Waals surface area (Å²) in [7, 11) is 2.84. The first-order chi connectivity index (χ1) is 12.9. The maximum atomic E-state index is 11.8. The Labute approximate surface area is 158 Å². The number of hydrogen-bond acceptors (Lipinski definition) is 9. The fraction of sp³-hybridized carbons (Fsp3) is 0.833. The van der Waals surface area contributed by atoms with Crippen molar-refractivity contribution in [2.24, 2.45) is 0 Å². The molecule has 156 valence electrons. The summed E-state index contributed by atoms with van der Waals surface area (Å²) in [5.74, 6) is -0.0369. The van der Waals surface area contributed by atoms with E-state index in [0.717, 1.165) is 12.8 Å². The highest BCUT2D eigenvalue weighted by molar-refractivity contribution is 5.83. The van der Waals surface area contributed by atoms with Gasteiger partial charge in [0.2, 0.25) is 0 Å². The maximum Gasteiger partial charge on any atom is 0.334 e. The molecule has 2 aliphatic rings. The minimum atomic E-state index is -1.38. The molecule has 0 amide bonds. The molecular formula is C18H30O9. The third-order valence-corrected chi connectivity index (χ3v) is 4.87. The predicted octanol–water partition coefficient (Wildman–Crippen LogP) is -0.138. The fourth-order valence-corrected chi connectivity index (χ4v) is 3.34. The van der Waals surface area contributed by atoms with E-state index in [4.69, 9.17) is 23.7 Å². The van der Waals surface area contributed by atoms with Crippen LogP contribution in [-0.2, 0) is 28.5 Å². The lowest BCUT2D eigenvalue weighted by Gasteiger charge is -2.43. The Morgan fingerprint density at radius 3 is 2.63 bits per heavy atom. The molecule has 2 aliphatic heterocycles. The van der Waals surface area contributed by atoms with Gasteiger partial charge >= 0.3 is 5.97 Å². The summed E-state index contributed by atoms with van der Waals surface area (Å²) in [6.07, 6.45) is -2.88. The van der Waals surface area contributed by atoms with Crippen LogP contribution >= 0.6 is 0 Å². The van der Waals surface area contributed by atoms with E-state index in [2.05, 4.69) is 0 Å². The van der Waals surface area contributed by atoms with Crippen LogP contribution in [0.3, 0.4) is 0 Å². The SMILES string of the molecule is CCCCC(OC1OC(CO)C(OC)C(O)C1O)C1CC(OC)=CC(=O)O1. The van der Waals surface area contributed by atoms with Gasteiger partial charge in [0.25, 0.3) is 0 Å². The minimum Gasteiger partial charge on any atom is -0.501 e. The van der Waals surface area contributed by atoms with Gasteiger partial charge < -0.3 is 39.0 Å². The van der Waals surface area contributed by atoms with Crippen LogP contribution in [0.2, 0.25) is 0 Å². The second-order valence-corrected chi connectivity index (χ2v) is 6.72. The summed E-state index contributed by atoms with van der Waals surface area (Å²) in [6.45, 7) is 1.61. The van der Waals surface area contributed by atoms with Crippen molar-refractivity contribution >= 4 is 5.97 Å². The van der Waals surface area contributed by atoms with E-state index in [0.29, 0.717) is 18.6 Å². The highest BCUT2D eigenvalue weighted by atomic mass is 16.7. The smallest absolute Gasteiger partial charge is 0.334 e. The highest BCUT2D eigenvalue weighted by Crippen LogP contribution is 2.29. The van der Waals surface area contributed by atoms with E-state index in [1.165, 1.54) is 20.3 Å². The molecule has 9 nitrogen and oxygen atoms in total. The predicted molar refractivity (Wildman–Crippen MR) is 92.5 cm³/mol.